The maximum absolute atomic E-state index is 10.7. The molecule has 0 bridgehead atoms. The van der Waals surface area contributed by atoms with E-state index < -0.39 is 0 Å². The SMILES string of the molecule is CCCc1cn(I)c(=O)o1. The summed E-state index contributed by atoms with van der Waals surface area (Å²) in [6.45, 7) is 2.05. The molecule has 0 aliphatic carbocycles. The van der Waals surface area contributed by atoms with Crippen molar-refractivity contribution in [2.24, 2.45) is 0 Å². The van der Waals surface area contributed by atoms with Crippen LogP contribution in [0.1, 0.15) is 19.1 Å². The molecule has 0 spiro atoms. The monoisotopic (exact) mass is 253 g/mol. The van der Waals surface area contributed by atoms with Crippen LogP contribution in [0.5, 0.6) is 0 Å². The second-order valence-corrected chi connectivity index (χ2v) is 3.06. The lowest BCUT2D eigenvalue weighted by atomic mass is 10.3. The Kier molecular flexibility index (Phi) is 2.53. The van der Waals surface area contributed by atoms with Crippen LogP contribution in [0.25, 0.3) is 0 Å². The summed E-state index contributed by atoms with van der Waals surface area (Å²) in [5.41, 5.74) is 0. The van der Waals surface area contributed by atoms with Crippen LogP contribution in [0, 0.1) is 0 Å². The van der Waals surface area contributed by atoms with Gasteiger partial charge in [0.05, 0.1) is 29.1 Å². The molecular weight excluding hydrogens is 245 g/mol. The van der Waals surface area contributed by atoms with E-state index in [1.54, 1.807) is 6.20 Å². The van der Waals surface area contributed by atoms with Gasteiger partial charge in [0.2, 0.25) is 0 Å². The Bertz CT molecular complexity index is 263. The van der Waals surface area contributed by atoms with Crippen LogP contribution < -0.4 is 5.76 Å². The van der Waals surface area contributed by atoms with Crippen LogP contribution in [0.4, 0.5) is 0 Å². The number of rotatable bonds is 2. The van der Waals surface area contributed by atoms with Crippen LogP contribution in [-0.4, -0.2) is 2.78 Å². The average Bonchev–Trinajstić information content (AvgIpc) is 2.14. The average molecular weight is 253 g/mol. The molecule has 0 radical (unpaired) electrons. The van der Waals surface area contributed by atoms with Gasteiger partial charge in [-0.3, -0.25) is 0 Å². The van der Waals surface area contributed by atoms with E-state index in [1.807, 2.05) is 29.8 Å². The molecule has 3 nitrogen and oxygen atoms in total. The fourth-order valence-corrected chi connectivity index (χ4v) is 1.13. The Morgan fingerprint density at radius 2 is 2.50 bits per heavy atom. The maximum atomic E-state index is 10.7. The van der Waals surface area contributed by atoms with Gasteiger partial charge in [0.15, 0.2) is 0 Å². The zero-order chi connectivity index (χ0) is 7.56. The van der Waals surface area contributed by atoms with Crippen molar-refractivity contribution in [1.29, 1.82) is 0 Å². The molecule has 0 amide bonds. The van der Waals surface area contributed by atoms with E-state index in [2.05, 4.69) is 0 Å². The van der Waals surface area contributed by atoms with Crippen LogP contribution in [-0.2, 0) is 6.42 Å². The van der Waals surface area contributed by atoms with Gasteiger partial charge in [0.25, 0.3) is 0 Å². The second kappa shape index (κ2) is 3.23. The van der Waals surface area contributed by atoms with Crippen molar-refractivity contribution in [1.82, 2.24) is 2.78 Å². The maximum Gasteiger partial charge on any atom is 0.428 e. The molecule has 56 valence electrons. The normalized spacial score (nSPS) is 10.2. The molecule has 0 aliphatic heterocycles. The smallest absolute Gasteiger partial charge is 0.412 e. The Hall–Kier alpha value is -0.260. The van der Waals surface area contributed by atoms with Gasteiger partial charge in [0, 0.05) is 6.42 Å². The lowest BCUT2D eigenvalue weighted by molar-refractivity contribution is 0.465. The zero-order valence-electron chi connectivity index (χ0n) is 5.63. The topological polar surface area (TPSA) is 35.1 Å². The number of aryl methyl sites for hydroxylation is 1. The van der Waals surface area contributed by atoms with E-state index in [0.717, 1.165) is 18.6 Å². The molecule has 0 saturated carbocycles. The first-order valence-electron chi connectivity index (χ1n) is 3.11. The van der Waals surface area contributed by atoms with Crippen LogP contribution in [0.15, 0.2) is 15.4 Å². The highest BCUT2D eigenvalue weighted by Gasteiger charge is 2.00. The van der Waals surface area contributed by atoms with E-state index in [-0.39, 0.29) is 5.76 Å². The predicted molar refractivity (Wildman–Crippen MR) is 46.4 cm³/mol. The Morgan fingerprint density at radius 1 is 1.80 bits per heavy atom. The van der Waals surface area contributed by atoms with E-state index in [0.29, 0.717) is 0 Å². The van der Waals surface area contributed by atoms with E-state index in [1.165, 1.54) is 2.78 Å². The predicted octanol–water partition coefficient (Wildman–Crippen LogP) is 1.59. The summed E-state index contributed by atoms with van der Waals surface area (Å²) < 4.78 is 6.27. The number of halogens is 1. The molecule has 0 saturated heterocycles. The fraction of sp³-hybridized carbons (Fsp3) is 0.500. The summed E-state index contributed by atoms with van der Waals surface area (Å²) in [6, 6.07) is 0. The summed E-state index contributed by atoms with van der Waals surface area (Å²) in [7, 11) is 0. The molecule has 1 aromatic heterocycles. The summed E-state index contributed by atoms with van der Waals surface area (Å²) in [4.78, 5) is 10.7. The molecule has 0 fully saturated rings. The van der Waals surface area contributed by atoms with Crippen LogP contribution in [0.3, 0.4) is 0 Å². The number of nitrogens with zero attached hydrogens (tertiary/aromatic N) is 1. The number of hydrogen-bond donors (Lipinski definition) is 0. The van der Waals surface area contributed by atoms with Crippen molar-refractivity contribution in [3.63, 3.8) is 0 Å². The van der Waals surface area contributed by atoms with Crippen molar-refractivity contribution in [3.05, 3.63) is 22.5 Å². The lowest BCUT2D eigenvalue weighted by Gasteiger charge is -1.84. The molecule has 0 unspecified atom stereocenters. The zero-order valence-corrected chi connectivity index (χ0v) is 7.79. The highest BCUT2D eigenvalue weighted by Crippen LogP contribution is 2.01. The number of hydrogen-bond acceptors (Lipinski definition) is 2. The molecule has 1 rings (SSSR count). The quantitative estimate of drug-likeness (QED) is 0.750. The van der Waals surface area contributed by atoms with Gasteiger partial charge in [-0.1, -0.05) is 6.92 Å². The minimum Gasteiger partial charge on any atom is -0.412 e. The van der Waals surface area contributed by atoms with E-state index in [4.69, 9.17) is 4.42 Å². The fourth-order valence-electron chi connectivity index (χ4n) is 0.723. The van der Waals surface area contributed by atoms with Crippen LogP contribution >= 0.6 is 22.9 Å². The molecule has 0 N–H and O–H groups in total. The molecule has 4 heteroatoms. The largest absolute Gasteiger partial charge is 0.428 e. The molecular formula is C6H8INO2. The first-order chi connectivity index (χ1) is 4.74. The van der Waals surface area contributed by atoms with Gasteiger partial charge < -0.3 is 4.42 Å². The minimum atomic E-state index is -0.288. The number of oxazole rings is 1. The third kappa shape index (κ3) is 1.62. The van der Waals surface area contributed by atoms with Gasteiger partial charge >= 0.3 is 5.76 Å². The minimum absolute atomic E-state index is 0.288. The van der Waals surface area contributed by atoms with Gasteiger partial charge in [-0.2, -0.15) is 0 Å². The van der Waals surface area contributed by atoms with Crippen molar-refractivity contribution in [2.45, 2.75) is 19.8 Å². The lowest BCUT2D eigenvalue weighted by Crippen LogP contribution is -2.01. The summed E-state index contributed by atoms with van der Waals surface area (Å²) >= 11 is 1.90. The standard InChI is InChI=1S/C6H8INO2/c1-2-3-5-4-8(7)6(9)10-5/h4H,2-3H2,1H3. The van der Waals surface area contributed by atoms with Gasteiger partial charge in [-0.15, -0.1) is 0 Å². The Morgan fingerprint density at radius 3 is 2.90 bits per heavy atom. The van der Waals surface area contributed by atoms with Crippen LogP contribution in [0.2, 0.25) is 0 Å². The van der Waals surface area contributed by atoms with E-state index in [9.17, 15) is 4.79 Å². The summed E-state index contributed by atoms with van der Waals surface area (Å²) in [6.07, 6.45) is 3.56. The van der Waals surface area contributed by atoms with Gasteiger partial charge in [-0.25, -0.2) is 7.58 Å². The van der Waals surface area contributed by atoms with Crippen molar-refractivity contribution in [2.75, 3.05) is 0 Å². The summed E-state index contributed by atoms with van der Waals surface area (Å²) in [5, 5.41) is 0. The highest BCUT2D eigenvalue weighted by atomic mass is 127. The van der Waals surface area contributed by atoms with Crippen molar-refractivity contribution < 1.29 is 4.42 Å². The molecule has 0 aromatic carbocycles. The highest BCUT2D eigenvalue weighted by molar-refractivity contribution is 14.1. The molecule has 1 aromatic rings. The Labute approximate surface area is 72.5 Å². The molecule has 0 atom stereocenters. The number of aromatic nitrogens is 1. The molecule has 1 heterocycles. The van der Waals surface area contributed by atoms with Gasteiger partial charge in [0.1, 0.15) is 5.76 Å². The second-order valence-electron chi connectivity index (χ2n) is 2.02. The molecule has 10 heavy (non-hydrogen) atoms. The third-order valence-corrected chi connectivity index (χ3v) is 1.82. The van der Waals surface area contributed by atoms with Crippen molar-refractivity contribution in [3.8, 4) is 0 Å². The van der Waals surface area contributed by atoms with E-state index >= 15 is 0 Å². The first kappa shape index (κ1) is 7.84. The molecule has 0 aliphatic rings. The first-order valence-corrected chi connectivity index (χ1v) is 4.08. The summed E-state index contributed by atoms with van der Waals surface area (Å²) in [5.74, 6) is 0.478. The third-order valence-electron chi connectivity index (χ3n) is 1.15. The van der Waals surface area contributed by atoms with Crippen molar-refractivity contribution >= 4 is 22.9 Å². The van der Waals surface area contributed by atoms with Gasteiger partial charge in [-0.05, 0) is 6.42 Å². The Balaban J connectivity index is 2.88.